The molecule has 0 saturated carbocycles. The van der Waals surface area contributed by atoms with Gasteiger partial charge in [-0.1, -0.05) is 144 Å². The number of alkyl halides is 1. The fraction of sp³-hybridized carbons (Fsp3) is 0.368. The number of nitrogen functional groups attached to an aromatic ring is 3. The molecule has 48 heteroatoms. The number of ether oxygens (including phenoxy) is 6. The van der Waals surface area contributed by atoms with Crippen LogP contribution in [0.4, 0.5) is 74.2 Å². The van der Waals surface area contributed by atoms with Crippen LogP contribution in [-0.2, 0) is 38.6 Å². The summed E-state index contributed by atoms with van der Waals surface area (Å²) in [6.07, 6.45) is 9.50. The van der Waals surface area contributed by atoms with Crippen LogP contribution in [0.2, 0.25) is 5.15 Å². The van der Waals surface area contributed by atoms with Gasteiger partial charge in [0, 0.05) is 161 Å². The maximum atomic E-state index is 11.1. The van der Waals surface area contributed by atoms with Crippen LogP contribution >= 0.6 is 61.5 Å². The summed E-state index contributed by atoms with van der Waals surface area (Å²) in [5, 5.41) is 49.3. The van der Waals surface area contributed by atoms with Crippen LogP contribution in [0.1, 0.15) is 81.4 Å². The number of ketones is 1. The number of thiazole rings is 3. The Hall–Kier alpha value is -13.9. The molecule has 0 bridgehead atoms. The zero-order valence-electron chi connectivity index (χ0n) is 74.5. The molecule has 15 aromatic rings. The number of nitro benzene ring substituents is 2. The molecule has 6 aliphatic rings. The highest BCUT2D eigenvalue weighted by Gasteiger charge is 2.24. The van der Waals surface area contributed by atoms with Crippen molar-refractivity contribution in [1.82, 2.24) is 64.1 Å². The van der Waals surface area contributed by atoms with Crippen molar-refractivity contribution >= 4 is 189 Å². The van der Waals surface area contributed by atoms with Gasteiger partial charge in [0.15, 0.2) is 20.8 Å². The van der Waals surface area contributed by atoms with Crippen molar-refractivity contribution in [2.75, 3.05) is 205 Å². The third-order valence-corrected chi connectivity index (χ3v) is 24.3. The maximum absolute atomic E-state index is 11.1. The topological polar surface area (TPSA) is 532 Å². The molecule has 6 aliphatic heterocycles. The van der Waals surface area contributed by atoms with Crippen LogP contribution < -0.4 is 47.0 Å². The third-order valence-electron chi connectivity index (χ3n) is 20.8. The van der Waals surface area contributed by atoms with E-state index in [4.69, 9.17) is 76.7 Å². The Balaban J connectivity index is 0.000000223. The van der Waals surface area contributed by atoms with E-state index in [1.165, 1.54) is 89.5 Å². The molecule has 143 heavy (non-hydrogen) atoms. The number of imidazole rings is 2. The lowest BCUT2D eigenvalue weighted by Gasteiger charge is -2.27. The average Bonchev–Trinajstić information content (AvgIpc) is 1.61. The predicted octanol–water partition coefficient (Wildman–Crippen LogP) is 18.0. The van der Waals surface area contributed by atoms with Gasteiger partial charge in [0.1, 0.15) is 72.4 Å². The van der Waals surface area contributed by atoms with Crippen molar-refractivity contribution < 1.29 is 62.2 Å². The fourth-order valence-corrected chi connectivity index (χ4v) is 16.7. The molecule has 0 spiro atoms. The number of hydrogen-bond acceptors (Lipinski definition) is 40. The lowest BCUT2D eigenvalue weighted by atomic mass is 9.93. The Morgan fingerprint density at radius 2 is 0.825 bits per heavy atom. The number of nitrogens with two attached hydrogens (primary N) is 3. The van der Waals surface area contributed by atoms with Crippen molar-refractivity contribution in [3.63, 3.8) is 0 Å². The maximum Gasteiger partial charge on any atom is 0.287 e. The van der Waals surface area contributed by atoms with E-state index in [2.05, 4.69) is 110 Å². The number of benzene rings is 3. The number of morpholine rings is 6. The molecule has 0 unspecified atom stereocenters. The lowest BCUT2D eigenvalue weighted by Crippen LogP contribution is -2.36. The number of rotatable bonds is 14. The summed E-state index contributed by atoms with van der Waals surface area (Å²) in [7, 11) is 0. The second-order valence-electron chi connectivity index (χ2n) is 31.1. The summed E-state index contributed by atoms with van der Waals surface area (Å²) in [6.45, 7) is 25.9. The van der Waals surface area contributed by atoms with E-state index in [1.54, 1.807) is 41.8 Å². The number of non-ortho nitro benzene ring substituents is 2. The Kier molecular flexibility index (Phi) is 46.4. The molecular weight excluding hydrogens is 1990 g/mol. The summed E-state index contributed by atoms with van der Waals surface area (Å²) >= 11 is 13.0. The molecule has 0 atom stereocenters. The van der Waals surface area contributed by atoms with Crippen LogP contribution in [0.3, 0.4) is 0 Å². The smallest absolute Gasteiger partial charge is 0.287 e. The molecule has 0 radical (unpaired) electrons. The molecule has 12 aromatic heterocycles. The first-order chi connectivity index (χ1) is 66.3. The Labute approximate surface area is 852 Å². The van der Waals surface area contributed by atoms with Gasteiger partial charge in [-0.2, -0.15) is 0 Å². The summed E-state index contributed by atoms with van der Waals surface area (Å²) in [5.74, 6) is 5.60. The van der Waals surface area contributed by atoms with E-state index in [1.807, 2.05) is 90.9 Å². The normalized spacial score (nSPS) is 14.1. The molecule has 6 saturated heterocycles. The molecule has 18 heterocycles. The van der Waals surface area contributed by atoms with Gasteiger partial charge in [-0.25, -0.2) is 49.7 Å². The Morgan fingerprint density at radius 1 is 0.455 bits per heavy atom. The number of nitrogens with one attached hydrogen (secondary N) is 1. The quantitative estimate of drug-likeness (QED) is 0.0115. The molecule has 0 amide bonds. The number of hydrogen-bond donors (Lipinski definition) is 4. The number of aliphatic imine (C=N–C) groups is 1. The summed E-state index contributed by atoms with van der Waals surface area (Å²) in [4.78, 5) is 119. The third kappa shape index (κ3) is 33.3. The Morgan fingerprint density at radius 3 is 1.19 bits per heavy atom. The zero-order chi connectivity index (χ0) is 96.7. The lowest BCUT2D eigenvalue weighted by molar-refractivity contribution is -0.385. The number of halogens is 2. The number of nitrogens with zero attached hydrogens (tertiary/aromatic N) is 22. The second-order valence-corrected chi connectivity index (χ2v) is 35.0. The first-order valence-electron chi connectivity index (χ1n) is 42.9. The molecular formula is C95H120BrClN26O17S3. The number of carbonyl (C=O) groups is 1. The zero-order valence-corrected chi connectivity index (χ0v) is 79.3. The summed E-state index contributed by atoms with van der Waals surface area (Å²) in [5.41, 5.74) is 25.5. The van der Waals surface area contributed by atoms with Gasteiger partial charge in [0.2, 0.25) is 11.9 Å². The number of carbonyl (C=O) groups excluding carboxylic acids is 2. The fourth-order valence-electron chi connectivity index (χ4n) is 13.6. The minimum atomic E-state index is -0.524. The molecule has 43 nitrogen and oxygen atoms in total. The molecule has 7 N–H and O–H groups in total. The van der Waals surface area contributed by atoms with Gasteiger partial charge in [-0.15, -0.1) is 4.99 Å². The molecule has 764 valence electrons. The van der Waals surface area contributed by atoms with Gasteiger partial charge in [0.05, 0.1) is 139 Å². The van der Waals surface area contributed by atoms with E-state index in [9.17, 15) is 50.0 Å². The van der Waals surface area contributed by atoms with Gasteiger partial charge >= 0.3 is 0 Å². The van der Waals surface area contributed by atoms with E-state index in [0.29, 0.717) is 35.4 Å². The van der Waals surface area contributed by atoms with Crippen LogP contribution in [0.5, 0.6) is 0 Å². The number of Topliss-reactive ketones (excluding diaryl/α,β-unsaturated/α-hetero) is 1. The average molecular weight is 2110 g/mol. The highest BCUT2D eigenvalue weighted by molar-refractivity contribution is 9.09. The Bertz CT molecular complexity index is 6530. The summed E-state index contributed by atoms with van der Waals surface area (Å²) < 4.78 is 40.7. The van der Waals surface area contributed by atoms with Crippen LogP contribution in [0.15, 0.2) is 192 Å². The highest BCUT2D eigenvalue weighted by Crippen LogP contribution is 2.35. The van der Waals surface area contributed by atoms with E-state index in [0.717, 1.165) is 249 Å². The van der Waals surface area contributed by atoms with Crippen molar-refractivity contribution in [2.45, 2.75) is 70.7 Å². The van der Waals surface area contributed by atoms with Gasteiger partial charge in [0.25, 0.3) is 22.7 Å². The van der Waals surface area contributed by atoms with E-state index in [-0.39, 0.29) is 94.8 Å². The van der Waals surface area contributed by atoms with Crippen LogP contribution in [-0.4, -0.2) is 254 Å². The number of aromatic nitrogens is 12. The minimum Gasteiger partial charge on any atom is -0.399 e. The number of anilines is 8. The minimum absolute atomic E-state index is 0. The monoisotopic (exact) mass is 2110 g/mol. The molecule has 3 aromatic carbocycles. The van der Waals surface area contributed by atoms with E-state index < -0.39 is 19.7 Å². The standard InChI is InChI=1S/C18H15N5O3S.C18H17N5OS.C10H12N4OS.C9H11N3O3.C9H13N3O.C8H6BrNO3.C8H10N2O2.C5H3ClN2O2.C4H9NO.6CH4/c24-23(25)13-3-1-12(2-4-13)14-11-22-15-5-6-16(21-7-9-26-10-8-21)20-17(15)27-18(22)19-14;19-13-3-1-12(2-4-13)14-11-23-15-5-6-16(22-7-9-24-10-8-22)21-17(15)25-18(23)20-14;11-10-12-7-1-2-8(13-9(7)16-10)14-3-5-15-6-4-14;13-12(14)8-1-2-9(10-7-8)11-3-5-15-6-4-11;10-8-1-2-9(11-7-8)12-3-5-13-6-4-12;9-5-8(11)6-1-3-7(4-2-6)10(12)13;1-8(2,3)6-4-7(9-5-11)10-12-6;6-5-2-1-4(3-7-5)8(9)10;1-3-6-4-2-5-1;;;;;;/h1-6,11H,7-10H2;1-6,11H,7-10,19H2;1-2H,3-6H2,(H2,11,12);1-2,7H,3-6H2;1-2,7H,3-6,10H2;1-4H,5H2;4H,1-3H3;1-3H;5H,1-4H2;6*1H4. The summed E-state index contributed by atoms with van der Waals surface area (Å²) in [6, 6.07) is 43.3. The second kappa shape index (κ2) is 57.2. The predicted molar refractivity (Wildman–Crippen MR) is 569 cm³/mol. The molecule has 21 rings (SSSR count). The van der Waals surface area contributed by atoms with Gasteiger partial charge in [-0.3, -0.25) is 54.1 Å². The molecule has 0 aliphatic carbocycles. The number of pyridine rings is 6. The SMILES string of the molecule is C.C.C.C.C.C.C1COCCN1.CC(C)(C)c1cc(N=C=O)no1.Nc1ccc(-c2cn3c(n2)sc2nc(N4CCOCC4)ccc23)cc1.Nc1ccc(N2CCOCC2)nc1.Nc1nc2ccc(N3CCOCC3)nc2s1.O=C(CBr)c1ccc([N+](=O)[O-])cc1.O=[N+]([O-])c1ccc(-c2cn3c(n2)sc2nc(N4CCOCC4)ccc23)cc1.O=[N+]([O-])c1ccc(Cl)nc1.O=[N+]([O-])c1ccc(N2CCOCC2)nc1. The number of nitro groups is 4. The number of fused-ring (bicyclic) bond motifs is 7. The van der Waals surface area contributed by atoms with Crippen molar-refractivity contribution in [2.24, 2.45) is 4.99 Å². The largest absolute Gasteiger partial charge is 0.399 e. The highest BCUT2D eigenvalue weighted by atomic mass is 79.9. The number of isocyanates is 1. The van der Waals surface area contributed by atoms with Gasteiger partial charge < -0.3 is 80.0 Å². The first-order valence-corrected chi connectivity index (χ1v) is 46.9. The van der Waals surface area contributed by atoms with Crippen LogP contribution in [0.25, 0.3) is 63.5 Å². The first kappa shape index (κ1) is 116. The molecule has 6 fully saturated rings. The van der Waals surface area contributed by atoms with Crippen LogP contribution in [0, 0.1) is 40.5 Å². The van der Waals surface area contributed by atoms with Crippen molar-refractivity contribution in [3.8, 4) is 22.5 Å². The van der Waals surface area contributed by atoms with Crippen molar-refractivity contribution in [1.29, 1.82) is 0 Å². The van der Waals surface area contributed by atoms with Crippen molar-refractivity contribution in [3.05, 3.63) is 240 Å². The van der Waals surface area contributed by atoms with Gasteiger partial charge in [-0.05, 0) is 97.1 Å². The van der Waals surface area contributed by atoms with E-state index >= 15 is 0 Å².